The molecule has 1 fully saturated rings. The van der Waals surface area contributed by atoms with Crippen LogP contribution in [0.1, 0.15) is 64.9 Å². The van der Waals surface area contributed by atoms with Crippen LogP contribution in [0.3, 0.4) is 0 Å². The second-order valence-electron chi connectivity index (χ2n) is 9.27. The van der Waals surface area contributed by atoms with Crippen LogP contribution in [0.4, 0.5) is 13.6 Å². The predicted octanol–water partition coefficient (Wildman–Crippen LogP) is 4.38. The minimum absolute atomic E-state index is 0.149. The highest BCUT2D eigenvalue weighted by atomic mass is 19.2. The Morgan fingerprint density at radius 1 is 1.27 bits per heavy atom. The number of nitrogens with one attached hydrogen (secondary N) is 1. The minimum Gasteiger partial charge on any atom is -0.444 e. The zero-order valence-electron chi connectivity index (χ0n) is 19.8. The monoisotopic (exact) mass is 464 g/mol. The quantitative estimate of drug-likeness (QED) is 0.435. The molecule has 3 atom stereocenters. The van der Waals surface area contributed by atoms with Gasteiger partial charge in [0, 0.05) is 25.1 Å². The van der Waals surface area contributed by atoms with Crippen LogP contribution in [-0.2, 0) is 14.3 Å². The van der Waals surface area contributed by atoms with E-state index in [9.17, 15) is 18.4 Å². The molecule has 33 heavy (non-hydrogen) atoms. The number of carbonyl (C=O) groups is 2. The first-order valence-electron chi connectivity index (χ1n) is 11.3. The van der Waals surface area contributed by atoms with Crippen LogP contribution in [0, 0.1) is 24.0 Å². The summed E-state index contributed by atoms with van der Waals surface area (Å²) in [5.74, 6) is -0.204. The van der Waals surface area contributed by atoms with Gasteiger partial charge in [-0.15, -0.1) is 6.42 Å². The molecule has 1 N–H and O–H groups in total. The Hall–Kier alpha value is -2.66. The normalized spacial score (nSPS) is 20.9. The van der Waals surface area contributed by atoms with Gasteiger partial charge in [0.15, 0.2) is 11.6 Å². The Labute approximate surface area is 195 Å². The Kier molecular flexibility index (Phi) is 9.66. The lowest BCUT2D eigenvalue weighted by molar-refractivity contribution is -0.139. The summed E-state index contributed by atoms with van der Waals surface area (Å²) in [4.78, 5) is 27.2. The first-order chi connectivity index (χ1) is 15.5. The molecule has 2 rings (SSSR count). The number of halogens is 2. The molecule has 2 amide bonds. The van der Waals surface area contributed by atoms with Gasteiger partial charge in [0.2, 0.25) is 5.91 Å². The molecule has 3 unspecified atom stereocenters. The number of piperidine rings is 1. The number of likely N-dealkylation sites (tertiary alicyclic amines) is 1. The number of hydrogen-bond donors (Lipinski definition) is 1. The maximum Gasteiger partial charge on any atom is 0.408 e. The van der Waals surface area contributed by atoms with E-state index in [1.165, 1.54) is 12.1 Å². The van der Waals surface area contributed by atoms with E-state index in [-0.39, 0.29) is 30.5 Å². The number of hydrogen-bond acceptors (Lipinski definition) is 4. The zero-order chi connectivity index (χ0) is 24.6. The van der Waals surface area contributed by atoms with E-state index in [1.54, 1.807) is 25.7 Å². The van der Waals surface area contributed by atoms with Gasteiger partial charge in [-0.1, -0.05) is 18.1 Å². The molecule has 0 saturated carbocycles. The number of unbranched alkanes of at least 4 members (excludes halogenated alkanes) is 2. The third kappa shape index (κ3) is 7.71. The topological polar surface area (TPSA) is 67.9 Å². The summed E-state index contributed by atoms with van der Waals surface area (Å²) in [6.07, 6.45) is 6.88. The lowest BCUT2D eigenvalue weighted by Crippen LogP contribution is -2.58. The van der Waals surface area contributed by atoms with Crippen molar-refractivity contribution in [3.05, 3.63) is 35.4 Å². The summed E-state index contributed by atoms with van der Waals surface area (Å²) in [6, 6.07) is 2.77. The third-order valence-electron chi connectivity index (χ3n) is 5.59. The molecule has 1 saturated heterocycles. The Bertz CT molecular complexity index is 863. The Balaban J connectivity index is 2.16. The zero-order valence-corrected chi connectivity index (χ0v) is 19.8. The van der Waals surface area contributed by atoms with Crippen LogP contribution >= 0.6 is 0 Å². The average molecular weight is 465 g/mol. The molecule has 1 heterocycles. The number of rotatable bonds is 9. The van der Waals surface area contributed by atoms with Crippen LogP contribution in [-0.4, -0.2) is 54.3 Å². The molecule has 1 aromatic rings. The molecule has 0 aliphatic carbocycles. The van der Waals surface area contributed by atoms with Crippen molar-refractivity contribution < 1.29 is 27.8 Å². The summed E-state index contributed by atoms with van der Waals surface area (Å²) in [7, 11) is 0. The van der Waals surface area contributed by atoms with E-state index in [0.717, 1.165) is 18.9 Å². The second kappa shape index (κ2) is 12.0. The van der Waals surface area contributed by atoms with Gasteiger partial charge in [-0.3, -0.25) is 4.79 Å². The van der Waals surface area contributed by atoms with Gasteiger partial charge in [-0.05, 0) is 65.0 Å². The van der Waals surface area contributed by atoms with Crippen molar-refractivity contribution in [2.24, 2.45) is 0 Å². The molecule has 0 bridgehead atoms. The average Bonchev–Trinajstić information content (AvgIpc) is 2.72. The fourth-order valence-electron chi connectivity index (χ4n) is 4.04. The van der Waals surface area contributed by atoms with E-state index in [4.69, 9.17) is 15.9 Å². The van der Waals surface area contributed by atoms with Crippen molar-refractivity contribution >= 4 is 12.0 Å². The number of terminal acetylenes is 1. The van der Waals surface area contributed by atoms with Gasteiger partial charge >= 0.3 is 6.09 Å². The van der Waals surface area contributed by atoms with Gasteiger partial charge < -0.3 is 19.7 Å². The summed E-state index contributed by atoms with van der Waals surface area (Å²) in [6.45, 7) is 8.22. The molecular weight excluding hydrogens is 430 g/mol. The minimum atomic E-state index is -0.938. The summed E-state index contributed by atoms with van der Waals surface area (Å²) >= 11 is 0. The van der Waals surface area contributed by atoms with E-state index in [2.05, 4.69) is 11.2 Å². The van der Waals surface area contributed by atoms with Gasteiger partial charge in [-0.25, -0.2) is 13.6 Å². The summed E-state index contributed by atoms with van der Waals surface area (Å²) in [5, 5.41) is 2.63. The van der Waals surface area contributed by atoms with E-state index in [0.29, 0.717) is 19.6 Å². The van der Waals surface area contributed by atoms with Crippen molar-refractivity contribution in [2.75, 3.05) is 19.8 Å². The van der Waals surface area contributed by atoms with Gasteiger partial charge in [0.05, 0.1) is 0 Å². The van der Waals surface area contributed by atoms with Crippen LogP contribution in [0.2, 0.25) is 0 Å². The van der Waals surface area contributed by atoms with Crippen LogP contribution in [0.25, 0.3) is 0 Å². The highest BCUT2D eigenvalue weighted by Crippen LogP contribution is 2.35. The van der Waals surface area contributed by atoms with Gasteiger partial charge in [-0.2, -0.15) is 0 Å². The van der Waals surface area contributed by atoms with Crippen LogP contribution < -0.4 is 5.32 Å². The predicted molar refractivity (Wildman–Crippen MR) is 122 cm³/mol. The molecule has 0 aromatic heterocycles. The Morgan fingerprint density at radius 2 is 2.00 bits per heavy atom. The third-order valence-corrected chi connectivity index (χ3v) is 5.59. The van der Waals surface area contributed by atoms with Crippen molar-refractivity contribution in [3.8, 4) is 12.3 Å². The molecular formula is C25H34F2N2O4. The maximum absolute atomic E-state index is 14.6. The van der Waals surface area contributed by atoms with Gasteiger partial charge in [0.1, 0.15) is 18.2 Å². The van der Waals surface area contributed by atoms with E-state index < -0.39 is 35.3 Å². The molecule has 6 nitrogen and oxygen atoms in total. The number of benzene rings is 1. The van der Waals surface area contributed by atoms with Crippen molar-refractivity contribution in [2.45, 2.75) is 77.0 Å². The maximum atomic E-state index is 14.6. The van der Waals surface area contributed by atoms with Crippen LogP contribution in [0.15, 0.2) is 18.2 Å². The van der Waals surface area contributed by atoms with E-state index >= 15 is 0 Å². The van der Waals surface area contributed by atoms with Crippen molar-refractivity contribution in [1.29, 1.82) is 0 Å². The Morgan fingerprint density at radius 3 is 2.67 bits per heavy atom. The lowest BCUT2D eigenvalue weighted by atomic mass is 9.81. The SMILES string of the molecule is C#CCOCCCCCN1C(=O)C(NC(=O)OC(C)(C)C)CC(c2cccc(F)c2F)C1C. The molecule has 1 aliphatic heterocycles. The second-order valence-corrected chi connectivity index (χ2v) is 9.27. The van der Waals surface area contributed by atoms with Crippen molar-refractivity contribution in [1.82, 2.24) is 10.2 Å². The van der Waals surface area contributed by atoms with E-state index in [1.807, 2.05) is 6.92 Å². The molecule has 1 aliphatic rings. The molecule has 0 spiro atoms. The molecule has 182 valence electrons. The number of nitrogens with zero attached hydrogens (tertiary/aromatic N) is 1. The number of ether oxygens (including phenoxy) is 2. The van der Waals surface area contributed by atoms with Crippen molar-refractivity contribution in [3.63, 3.8) is 0 Å². The van der Waals surface area contributed by atoms with Gasteiger partial charge in [0.25, 0.3) is 0 Å². The highest BCUT2D eigenvalue weighted by molar-refractivity contribution is 5.87. The number of amides is 2. The first-order valence-corrected chi connectivity index (χ1v) is 11.3. The largest absolute Gasteiger partial charge is 0.444 e. The number of alkyl carbamates (subject to hydrolysis) is 1. The lowest BCUT2D eigenvalue weighted by Gasteiger charge is -2.43. The fraction of sp³-hybridized carbons (Fsp3) is 0.600. The first kappa shape index (κ1) is 26.6. The molecule has 8 heteroatoms. The summed E-state index contributed by atoms with van der Waals surface area (Å²) in [5.41, 5.74) is -0.539. The molecule has 1 aromatic carbocycles. The standard InChI is InChI=1S/C25H34F2N2O4/c1-6-14-32-15-9-7-8-13-29-17(2)19(18-11-10-12-20(26)22(18)27)16-21(23(29)30)28-24(31)33-25(3,4)5/h1,10-12,17,19,21H,7-9,13-16H2,2-5H3,(H,28,31). The fourth-order valence-corrected chi connectivity index (χ4v) is 4.04. The number of carbonyl (C=O) groups excluding carboxylic acids is 2. The highest BCUT2D eigenvalue weighted by Gasteiger charge is 2.42. The summed E-state index contributed by atoms with van der Waals surface area (Å²) < 4.78 is 39.1. The molecule has 0 radical (unpaired) electrons. The van der Waals surface area contributed by atoms with Crippen LogP contribution in [0.5, 0.6) is 0 Å². The smallest absolute Gasteiger partial charge is 0.408 e.